The minimum absolute atomic E-state index is 0.147. The molecular weight excluding hydrogens is 268 g/mol. The Morgan fingerprint density at radius 3 is 2.57 bits per heavy atom. The Kier molecular flexibility index (Phi) is 4.79. The van der Waals surface area contributed by atoms with Gasteiger partial charge >= 0.3 is 6.09 Å². The molecule has 5 nitrogen and oxygen atoms in total. The highest BCUT2D eigenvalue weighted by atomic mass is 16.6. The largest absolute Gasteiger partial charge is 0.444 e. The number of carbonyl (C=O) groups excluding carboxylic acids is 2. The van der Waals surface area contributed by atoms with Gasteiger partial charge in [-0.05, 0) is 46.0 Å². The van der Waals surface area contributed by atoms with Crippen molar-refractivity contribution in [2.75, 3.05) is 19.6 Å². The monoisotopic (exact) mass is 296 g/mol. The number of likely N-dealkylation sites (tertiary alicyclic amines) is 2. The maximum Gasteiger partial charge on any atom is 0.410 e. The van der Waals surface area contributed by atoms with Gasteiger partial charge in [-0.25, -0.2) is 4.79 Å². The number of amides is 2. The van der Waals surface area contributed by atoms with Crippen LogP contribution in [-0.4, -0.2) is 53.1 Å². The lowest BCUT2D eigenvalue weighted by molar-refractivity contribution is -0.137. The highest BCUT2D eigenvalue weighted by Gasteiger charge is 2.35. The molecule has 120 valence electrons. The fourth-order valence-electron chi connectivity index (χ4n) is 3.23. The lowest BCUT2D eigenvalue weighted by Crippen LogP contribution is -2.55. The van der Waals surface area contributed by atoms with Crippen molar-refractivity contribution in [3.63, 3.8) is 0 Å². The van der Waals surface area contributed by atoms with Crippen LogP contribution in [0.15, 0.2) is 0 Å². The smallest absolute Gasteiger partial charge is 0.410 e. The van der Waals surface area contributed by atoms with E-state index in [1.165, 1.54) is 0 Å². The summed E-state index contributed by atoms with van der Waals surface area (Å²) in [6, 6.07) is 0.147. The van der Waals surface area contributed by atoms with Crippen molar-refractivity contribution in [2.45, 2.75) is 65.0 Å². The molecule has 0 aromatic heterocycles. The summed E-state index contributed by atoms with van der Waals surface area (Å²) in [6.07, 6.45) is 3.43. The molecule has 0 aromatic carbocycles. The summed E-state index contributed by atoms with van der Waals surface area (Å²) in [7, 11) is 0. The molecule has 2 atom stereocenters. The second kappa shape index (κ2) is 6.24. The molecule has 2 rings (SSSR count). The number of piperidine rings is 2. The maximum atomic E-state index is 12.3. The first-order valence-corrected chi connectivity index (χ1v) is 8.03. The van der Waals surface area contributed by atoms with Crippen molar-refractivity contribution in [1.29, 1.82) is 0 Å². The zero-order chi connectivity index (χ0) is 15.6. The molecule has 0 aliphatic carbocycles. The SMILES string of the molecule is C[C@H]1C[C@@H](N2CCCCC2=O)CN(C(=O)OC(C)(C)C)C1. The normalized spacial score (nSPS) is 27.7. The van der Waals surface area contributed by atoms with Gasteiger partial charge in [-0.2, -0.15) is 0 Å². The van der Waals surface area contributed by atoms with Crippen LogP contribution < -0.4 is 0 Å². The van der Waals surface area contributed by atoms with E-state index in [0.29, 0.717) is 25.4 Å². The zero-order valence-electron chi connectivity index (χ0n) is 13.7. The fraction of sp³-hybridized carbons (Fsp3) is 0.875. The second-order valence-corrected chi connectivity index (χ2v) is 7.42. The predicted octanol–water partition coefficient (Wildman–Crippen LogP) is 2.64. The summed E-state index contributed by atoms with van der Waals surface area (Å²) in [4.78, 5) is 28.1. The summed E-state index contributed by atoms with van der Waals surface area (Å²) in [5.41, 5.74) is -0.478. The summed E-state index contributed by atoms with van der Waals surface area (Å²) in [5.74, 6) is 0.635. The van der Waals surface area contributed by atoms with E-state index >= 15 is 0 Å². The Hall–Kier alpha value is -1.26. The van der Waals surface area contributed by atoms with E-state index in [2.05, 4.69) is 6.92 Å². The minimum Gasteiger partial charge on any atom is -0.444 e. The second-order valence-electron chi connectivity index (χ2n) is 7.42. The van der Waals surface area contributed by atoms with Crippen molar-refractivity contribution in [3.05, 3.63) is 0 Å². The zero-order valence-corrected chi connectivity index (χ0v) is 13.7. The Labute approximate surface area is 127 Å². The molecule has 0 bridgehead atoms. The molecule has 2 heterocycles. The maximum absolute atomic E-state index is 12.3. The topological polar surface area (TPSA) is 49.9 Å². The van der Waals surface area contributed by atoms with E-state index in [9.17, 15) is 9.59 Å². The number of ether oxygens (including phenoxy) is 1. The van der Waals surface area contributed by atoms with Crippen molar-refractivity contribution in [2.24, 2.45) is 5.92 Å². The number of carbonyl (C=O) groups is 2. The highest BCUT2D eigenvalue weighted by Crippen LogP contribution is 2.25. The lowest BCUT2D eigenvalue weighted by Gasteiger charge is -2.43. The number of rotatable bonds is 1. The Morgan fingerprint density at radius 1 is 1.24 bits per heavy atom. The molecule has 5 heteroatoms. The predicted molar refractivity (Wildman–Crippen MR) is 80.9 cm³/mol. The molecule has 0 unspecified atom stereocenters. The van der Waals surface area contributed by atoms with E-state index in [4.69, 9.17) is 4.74 Å². The lowest BCUT2D eigenvalue weighted by atomic mass is 9.93. The van der Waals surface area contributed by atoms with Crippen LogP contribution in [0.3, 0.4) is 0 Å². The van der Waals surface area contributed by atoms with Gasteiger partial charge in [0.2, 0.25) is 5.91 Å². The highest BCUT2D eigenvalue weighted by molar-refractivity contribution is 5.77. The van der Waals surface area contributed by atoms with Crippen LogP contribution in [0.25, 0.3) is 0 Å². The molecule has 2 aliphatic heterocycles. The first-order valence-electron chi connectivity index (χ1n) is 8.03. The van der Waals surface area contributed by atoms with E-state index in [1.54, 1.807) is 4.90 Å². The third-order valence-corrected chi connectivity index (χ3v) is 4.09. The number of nitrogens with zero attached hydrogens (tertiary/aromatic N) is 2. The Balaban J connectivity index is 2.01. The number of hydrogen-bond donors (Lipinski definition) is 0. The van der Waals surface area contributed by atoms with Gasteiger partial charge in [-0.1, -0.05) is 6.92 Å². The van der Waals surface area contributed by atoms with Crippen LogP contribution in [0.4, 0.5) is 4.79 Å². The van der Waals surface area contributed by atoms with Crippen molar-refractivity contribution in [3.8, 4) is 0 Å². The van der Waals surface area contributed by atoms with Gasteiger partial charge in [-0.15, -0.1) is 0 Å². The molecule has 2 amide bonds. The van der Waals surface area contributed by atoms with Gasteiger partial charge in [0.1, 0.15) is 5.60 Å². The molecule has 2 fully saturated rings. The molecule has 0 spiro atoms. The Morgan fingerprint density at radius 2 is 1.95 bits per heavy atom. The standard InChI is InChI=1S/C16H28N2O3/c1-12-9-13(18-8-6-5-7-14(18)19)11-17(10-12)15(20)21-16(2,3)4/h12-13H,5-11H2,1-4H3/t12-,13+/m0/s1. The van der Waals surface area contributed by atoms with Gasteiger partial charge in [0, 0.05) is 32.1 Å². The summed E-state index contributed by atoms with van der Waals surface area (Å²) in [6.45, 7) is 9.92. The van der Waals surface area contributed by atoms with Crippen molar-refractivity contribution >= 4 is 12.0 Å². The quantitative estimate of drug-likeness (QED) is 0.747. The average Bonchev–Trinajstić information content (AvgIpc) is 2.36. The first-order chi connectivity index (χ1) is 9.76. The van der Waals surface area contributed by atoms with Gasteiger partial charge in [0.15, 0.2) is 0 Å². The summed E-state index contributed by atoms with van der Waals surface area (Å²) in [5, 5.41) is 0. The van der Waals surface area contributed by atoms with E-state index in [1.807, 2.05) is 25.7 Å². The van der Waals surface area contributed by atoms with Gasteiger partial charge in [0.25, 0.3) is 0 Å². The molecule has 0 aromatic rings. The van der Waals surface area contributed by atoms with Gasteiger partial charge < -0.3 is 14.5 Å². The third kappa shape index (κ3) is 4.35. The molecule has 0 saturated carbocycles. The Bertz CT molecular complexity index is 403. The van der Waals surface area contributed by atoms with E-state index in [0.717, 1.165) is 25.8 Å². The van der Waals surface area contributed by atoms with Crippen LogP contribution in [0, 0.1) is 5.92 Å². The fourth-order valence-corrected chi connectivity index (χ4v) is 3.23. The molecule has 21 heavy (non-hydrogen) atoms. The van der Waals surface area contributed by atoms with Crippen LogP contribution in [0.5, 0.6) is 0 Å². The van der Waals surface area contributed by atoms with Crippen LogP contribution in [0.1, 0.15) is 53.4 Å². The summed E-state index contributed by atoms with van der Waals surface area (Å²) >= 11 is 0. The van der Waals surface area contributed by atoms with Gasteiger partial charge in [0.05, 0.1) is 0 Å². The van der Waals surface area contributed by atoms with E-state index in [-0.39, 0.29) is 18.0 Å². The van der Waals surface area contributed by atoms with Crippen molar-refractivity contribution < 1.29 is 14.3 Å². The third-order valence-electron chi connectivity index (χ3n) is 4.09. The summed E-state index contributed by atoms with van der Waals surface area (Å²) < 4.78 is 5.47. The van der Waals surface area contributed by atoms with Crippen molar-refractivity contribution in [1.82, 2.24) is 9.80 Å². The molecule has 2 aliphatic rings. The van der Waals surface area contributed by atoms with Crippen LogP contribution in [0.2, 0.25) is 0 Å². The van der Waals surface area contributed by atoms with E-state index < -0.39 is 5.60 Å². The number of hydrogen-bond acceptors (Lipinski definition) is 3. The average molecular weight is 296 g/mol. The molecule has 2 saturated heterocycles. The van der Waals surface area contributed by atoms with Crippen LogP contribution >= 0.6 is 0 Å². The minimum atomic E-state index is -0.478. The molecular formula is C16H28N2O3. The first kappa shape index (κ1) is 16.1. The van der Waals surface area contributed by atoms with Gasteiger partial charge in [-0.3, -0.25) is 4.79 Å². The van der Waals surface area contributed by atoms with Crippen LogP contribution in [-0.2, 0) is 9.53 Å². The molecule has 0 radical (unpaired) electrons. The molecule has 0 N–H and O–H groups in total.